The highest BCUT2D eigenvalue weighted by atomic mass is 16.7. The van der Waals surface area contributed by atoms with Gasteiger partial charge in [0.2, 0.25) is 0 Å². The molecule has 0 bridgehead atoms. The van der Waals surface area contributed by atoms with Crippen molar-refractivity contribution in [3.05, 3.63) is 0 Å². The molecule has 4 aliphatic heterocycles. The van der Waals surface area contributed by atoms with Gasteiger partial charge in [0, 0.05) is 49.1 Å². The van der Waals surface area contributed by atoms with E-state index in [-0.39, 0.29) is 18.9 Å². The molecule has 1 saturated carbocycles. The number of ether oxygens (including phenoxy) is 3. The van der Waals surface area contributed by atoms with Gasteiger partial charge in [-0.05, 0) is 51.9 Å². The lowest BCUT2D eigenvalue weighted by molar-refractivity contribution is -0.0905. The van der Waals surface area contributed by atoms with Crippen molar-refractivity contribution >= 4 is 0 Å². The van der Waals surface area contributed by atoms with Crippen molar-refractivity contribution in [2.45, 2.75) is 101 Å². The van der Waals surface area contributed by atoms with Crippen LogP contribution in [0.15, 0.2) is 0 Å². The average molecular weight is 468 g/mol. The Kier molecular flexibility index (Phi) is 7.91. The van der Waals surface area contributed by atoms with E-state index in [0.29, 0.717) is 54.7 Å². The lowest BCUT2D eigenvalue weighted by Crippen LogP contribution is -2.64. The molecular weight excluding hydrogens is 422 g/mol. The first kappa shape index (κ1) is 24.3. The van der Waals surface area contributed by atoms with Gasteiger partial charge in [-0.2, -0.15) is 0 Å². The summed E-state index contributed by atoms with van der Waals surface area (Å²) in [7, 11) is 0. The smallest absolute Gasteiger partial charge is 0.162 e. The molecule has 4 heterocycles. The molecule has 9 heteroatoms. The van der Waals surface area contributed by atoms with Crippen molar-refractivity contribution < 1.29 is 19.3 Å². The second-order valence-corrected chi connectivity index (χ2v) is 11.2. The molecule has 33 heavy (non-hydrogen) atoms. The van der Waals surface area contributed by atoms with E-state index in [1.54, 1.807) is 0 Å². The highest BCUT2D eigenvalue weighted by Crippen LogP contribution is 2.38. The first-order chi connectivity index (χ1) is 16.0. The van der Waals surface area contributed by atoms with Gasteiger partial charge in [-0.1, -0.05) is 6.42 Å². The maximum atomic E-state index is 9.82. The van der Waals surface area contributed by atoms with E-state index < -0.39 is 6.10 Å². The number of aliphatic hydroxyl groups excluding tert-OH is 1. The molecular formula is C24H45N5O4. The van der Waals surface area contributed by atoms with Crippen LogP contribution in [0.1, 0.15) is 52.4 Å². The molecule has 5 rings (SSSR count). The highest BCUT2D eigenvalue weighted by molar-refractivity contribution is 5.03. The number of piperidine rings is 1. The van der Waals surface area contributed by atoms with Crippen LogP contribution in [0.2, 0.25) is 0 Å². The molecule has 7 unspecified atom stereocenters. The van der Waals surface area contributed by atoms with Crippen LogP contribution in [0, 0.1) is 17.8 Å². The normalized spacial score (nSPS) is 44.8. The maximum absolute atomic E-state index is 9.82. The summed E-state index contributed by atoms with van der Waals surface area (Å²) >= 11 is 0. The molecule has 5 aliphatic rings. The fourth-order valence-corrected chi connectivity index (χ4v) is 6.88. The van der Waals surface area contributed by atoms with Crippen molar-refractivity contribution in [1.82, 2.24) is 21.1 Å². The number of rotatable bonds is 8. The van der Waals surface area contributed by atoms with Crippen LogP contribution in [0.25, 0.3) is 0 Å². The molecule has 0 aromatic rings. The molecule has 9 nitrogen and oxygen atoms in total. The number of nitrogens with one attached hydrogen (secondary N) is 3. The van der Waals surface area contributed by atoms with Gasteiger partial charge in [0.15, 0.2) is 6.29 Å². The minimum absolute atomic E-state index is 0.00945. The van der Waals surface area contributed by atoms with Gasteiger partial charge in [0.05, 0.1) is 38.2 Å². The largest absolute Gasteiger partial charge is 0.389 e. The van der Waals surface area contributed by atoms with Crippen molar-refractivity contribution in [2.75, 3.05) is 32.9 Å². The molecule has 0 spiro atoms. The summed E-state index contributed by atoms with van der Waals surface area (Å²) < 4.78 is 17.8. The summed E-state index contributed by atoms with van der Waals surface area (Å²) in [6, 6.07) is 1.73. The lowest BCUT2D eigenvalue weighted by Gasteiger charge is -2.47. The molecule has 5 fully saturated rings. The molecule has 10 atom stereocenters. The predicted octanol–water partition coefficient (Wildman–Crippen LogP) is 0.134. The third kappa shape index (κ3) is 5.27. The number of hydrogen-bond acceptors (Lipinski definition) is 9. The predicted molar refractivity (Wildman–Crippen MR) is 125 cm³/mol. The summed E-state index contributed by atoms with van der Waals surface area (Å²) in [6.07, 6.45) is 6.76. The molecule has 6 N–H and O–H groups in total. The van der Waals surface area contributed by atoms with E-state index in [4.69, 9.17) is 19.9 Å². The van der Waals surface area contributed by atoms with Gasteiger partial charge in [-0.15, -0.1) is 0 Å². The van der Waals surface area contributed by atoms with Crippen LogP contribution in [0.4, 0.5) is 0 Å². The number of nitrogens with two attached hydrogens (primary N) is 1. The Morgan fingerprint density at radius 1 is 1.15 bits per heavy atom. The van der Waals surface area contributed by atoms with E-state index in [1.807, 2.05) is 0 Å². The molecule has 0 amide bonds. The topological polar surface area (TPSA) is 113 Å². The zero-order valence-corrected chi connectivity index (χ0v) is 20.3. The Labute approximate surface area is 198 Å². The fourth-order valence-electron chi connectivity index (χ4n) is 6.88. The standard InChI is InChI=1S/C24H45N5O4/c1-14(2)29-23-19(11-26-29)21(27-22-13-33-24-18(22)6-7-31-24)9-20(28-23)15-4-3-5-17(8-15)32-12-16(30)10-25/h14-24,26-28,30H,3-13,25H2,1-2H3/t15?,16?,17?,18-,19?,20?,21?,22+,23?,24+/m0/s1. The zero-order chi connectivity index (χ0) is 22.9. The van der Waals surface area contributed by atoms with Crippen LogP contribution in [0.5, 0.6) is 0 Å². The minimum atomic E-state index is -0.561. The summed E-state index contributed by atoms with van der Waals surface area (Å²) in [5.74, 6) is 1.59. The fraction of sp³-hybridized carbons (Fsp3) is 1.00. The van der Waals surface area contributed by atoms with Crippen LogP contribution >= 0.6 is 0 Å². The Bertz CT molecular complexity index is 642. The van der Waals surface area contributed by atoms with Gasteiger partial charge in [-0.25, -0.2) is 5.01 Å². The first-order valence-electron chi connectivity index (χ1n) is 13.3. The average Bonchev–Trinajstić information content (AvgIpc) is 3.54. The van der Waals surface area contributed by atoms with Crippen LogP contribution < -0.4 is 21.8 Å². The summed E-state index contributed by atoms with van der Waals surface area (Å²) in [6.45, 7) is 7.71. The molecule has 0 aromatic heterocycles. The van der Waals surface area contributed by atoms with E-state index in [1.165, 1.54) is 12.8 Å². The van der Waals surface area contributed by atoms with Gasteiger partial charge < -0.3 is 30.4 Å². The number of nitrogens with zero attached hydrogens (tertiary/aromatic N) is 1. The monoisotopic (exact) mass is 467 g/mol. The highest BCUT2D eigenvalue weighted by Gasteiger charge is 2.49. The number of fused-ring (bicyclic) bond motifs is 2. The second-order valence-electron chi connectivity index (χ2n) is 11.2. The summed E-state index contributed by atoms with van der Waals surface area (Å²) in [5.41, 5.74) is 9.24. The van der Waals surface area contributed by atoms with E-state index in [0.717, 1.165) is 45.4 Å². The molecule has 1 aliphatic carbocycles. The third-order valence-electron chi connectivity index (χ3n) is 8.68. The molecule has 0 radical (unpaired) electrons. The number of aliphatic hydroxyl groups is 1. The van der Waals surface area contributed by atoms with Crippen LogP contribution in [0.3, 0.4) is 0 Å². The van der Waals surface area contributed by atoms with Crippen LogP contribution in [-0.2, 0) is 14.2 Å². The summed E-state index contributed by atoms with van der Waals surface area (Å²) in [4.78, 5) is 0. The van der Waals surface area contributed by atoms with Gasteiger partial charge in [0.1, 0.15) is 0 Å². The number of hydrazine groups is 1. The Hall–Kier alpha value is -0.360. The zero-order valence-electron chi connectivity index (χ0n) is 20.3. The van der Waals surface area contributed by atoms with Gasteiger partial charge >= 0.3 is 0 Å². The van der Waals surface area contributed by atoms with E-state index in [2.05, 4.69) is 34.9 Å². The lowest BCUT2D eigenvalue weighted by atomic mass is 9.75. The maximum Gasteiger partial charge on any atom is 0.162 e. The van der Waals surface area contributed by atoms with Crippen molar-refractivity contribution in [2.24, 2.45) is 23.5 Å². The minimum Gasteiger partial charge on any atom is -0.389 e. The number of hydrogen-bond donors (Lipinski definition) is 5. The summed E-state index contributed by atoms with van der Waals surface area (Å²) in [5, 5.41) is 20.4. The van der Waals surface area contributed by atoms with Crippen LogP contribution in [-0.4, -0.2) is 91.9 Å². The Morgan fingerprint density at radius 2 is 2.03 bits per heavy atom. The van der Waals surface area contributed by atoms with Crippen molar-refractivity contribution in [3.63, 3.8) is 0 Å². The second kappa shape index (κ2) is 10.7. The molecule has 190 valence electrons. The van der Waals surface area contributed by atoms with Crippen molar-refractivity contribution in [1.29, 1.82) is 0 Å². The molecule has 0 aromatic carbocycles. The Morgan fingerprint density at radius 3 is 2.85 bits per heavy atom. The van der Waals surface area contributed by atoms with E-state index in [9.17, 15) is 5.11 Å². The molecule has 4 saturated heterocycles. The van der Waals surface area contributed by atoms with Gasteiger partial charge in [-0.3, -0.25) is 10.7 Å². The van der Waals surface area contributed by atoms with E-state index >= 15 is 0 Å². The Balaban J connectivity index is 1.26. The third-order valence-corrected chi connectivity index (χ3v) is 8.68. The van der Waals surface area contributed by atoms with Gasteiger partial charge in [0.25, 0.3) is 0 Å². The first-order valence-corrected chi connectivity index (χ1v) is 13.3. The van der Waals surface area contributed by atoms with Crippen molar-refractivity contribution in [3.8, 4) is 0 Å². The SMILES string of the molecule is CC(C)N1NCC2C(N[C@@H]3CO[C@H]4OCC[C@H]43)CC(C3CCCC(OCC(O)CN)C3)NC21. The quantitative estimate of drug-likeness (QED) is 0.340.